The van der Waals surface area contributed by atoms with Crippen LogP contribution in [-0.2, 0) is 54.5 Å². The lowest BCUT2D eigenvalue weighted by Crippen LogP contribution is -2.40. The number of methoxy groups -OCH3 is 1. The predicted octanol–water partition coefficient (Wildman–Crippen LogP) is 5.25. The topological polar surface area (TPSA) is 117 Å². The second-order valence-corrected chi connectivity index (χ2v) is 12.6. The molecule has 0 radical (unpaired) electrons. The molecule has 2 atom stereocenters. The van der Waals surface area contributed by atoms with Crippen molar-refractivity contribution in [2.75, 3.05) is 66.6 Å². The van der Waals surface area contributed by atoms with E-state index in [2.05, 4.69) is 69.1 Å². The maximum Gasteiger partial charge on any atom is 0.108 e. The second-order valence-electron chi connectivity index (χ2n) is 12.6. The van der Waals surface area contributed by atoms with Crippen LogP contribution in [0.3, 0.4) is 0 Å². The van der Waals surface area contributed by atoms with Crippen LogP contribution >= 0.6 is 0 Å². The molecule has 2 aromatic rings. The zero-order valence-electron chi connectivity index (χ0n) is 28.8. The maximum absolute atomic E-state index is 6.57. The van der Waals surface area contributed by atoms with Crippen molar-refractivity contribution in [2.24, 2.45) is 16.7 Å². The highest BCUT2D eigenvalue weighted by atomic mass is 16.5. The van der Waals surface area contributed by atoms with Gasteiger partial charge in [-0.05, 0) is 46.0 Å². The molecule has 0 fully saturated rings. The van der Waals surface area contributed by atoms with Gasteiger partial charge in [-0.1, -0.05) is 45.5 Å². The molecule has 262 valence electrons. The summed E-state index contributed by atoms with van der Waals surface area (Å²) in [7, 11) is 1.66. The van der Waals surface area contributed by atoms with E-state index >= 15 is 0 Å². The molecule has 0 saturated carbocycles. The first kappa shape index (κ1) is 41.1. The van der Waals surface area contributed by atoms with Crippen molar-refractivity contribution in [2.45, 2.75) is 107 Å². The van der Waals surface area contributed by atoms with Crippen LogP contribution in [0.25, 0.3) is 0 Å². The molecule has 0 bridgehead atoms. The zero-order chi connectivity index (χ0) is 32.3. The molecule has 0 aliphatic rings. The molecule has 0 aliphatic heterocycles. The SMILES string of the molecule is C.CCn1cc(CCOCC(CC)(COCC(CC)(COCc2cn(CCOCCOC)nn2)COC(C)C)CC(C)C)nn1. The molecule has 12 heteroatoms. The average molecular weight is 641 g/mol. The molecular formula is C33H64N6O6. The fourth-order valence-electron chi connectivity index (χ4n) is 4.99. The van der Waals surface area contributed by atoms with Gasteiger partial charge in [0, 0.05) is 37.1 Å². The summed E-state index contributed by atoms with van der Waals surface area (Å²) < 4.78 is 39.3. The first-order valence-corrected chi connectivity index (χ1v) is 16.4. The van der Waals surface area contributed by atoms with Crippen LogP contribution in [-0.4, -0.2) is 103 Å². The van der Waals surface area contributed by atoms with Gasteiger partial charge >= 0.3 is 0 Å². The Balaban J connectivity index is 0.0000101. The summed E-state index contributed by atoms with van der Waals surface area (Å²) in [5, 5.41) is 16.8. The monoisotopic (exact) mass is 640 g/mol. The Labute approximate surface area is 272 Å². The van der Waals surface area contributed by atoms with Crippen LogP contribution in [0.15, 0.2) is 12.4 Å². The number of ether oxygens (including phenoxy) is 6. The highest BCUT2D eigenvalue weighted by Crippen LogP contribution is 2.33. The van der Waals surface area contributed by atoms with E-state index in [4.69, 9.17) is 28.4 Å². The largest absolute Gasteiger partial charge is 0.382 e. The summed E-state index contributed by atoms with van der Waals surface area (Å²) in [5.74, 6) is 0.528. The molecule has 0 amide bonds. The molecule has 0 aromatic carbocycles. The fraction of sp³-hybridized carbons (Fsp3) is 0.879. The van der Waals surface area contributed by atoms with Crippen molar-refractivity contribution in [3.05, 3.63) is 23.8 Å². The molecule has 2 aromatic heterocycles. The minimum atomic E-state index is -0.279. The van der Waals surface area contributed by atoms with Gasteiger partial charge in [-0.15, -0.1) is 10.2 Å². The molecule has 2 rings (SSSR count). The van der Waals surface area contributed by atoms with Gasteiger partial charge in [0.25, 0.3) is 0 Å². The van der Waals surface area contributed by atoms with Crippen molar-refractivity contribution >= 4 is 0 Å². The number of nitrogens with zero attached hydrogens (tertiary/aromatic N) is 6. The maximum atomic E-state index is 6.57. The summed E-state index contributed by atoms with van der Waals surface area (Å²) >= 11 is 0. The van der Waals surface area contributed by atoms with Crippen molar-refractivity contribution < 1.29 is 28.4 Å². The Morgan fingerprint density at radius 3 is 2.00 bits per heavy atom. The third kappa shape index (κ3) is 15.9. The van der Waals surface area contributed by atoms with E-state index in [0.29, 0.717) is 78.5 Å². The predicted molar refractivity (Wildman–Crippen MR) is 176 cm³/mol. The third-order valence-corrected chi connectivity index (χ3v) is 7.84. The van der Waals surface area contributed by atoms with E-state index in [1.165, 1.54) is 0 Å². The Morgan fingerprint density at radius 2 is 1.36 bits per heavy atom. The minimum absolute atomic E-state index is 0. The summed E-state index contributed by atoms with van der Waals surface area (Å²) in [5.41, 5.74) is 1.40. The minimum Gasteiger partial charge on any atom is -0.382 e. The molecule has 0 spiro atoms. The van der Waals surface area contributed by atoms with Gasteiger partial charge in [0.1, 0.15) is 5.69 Å². The van der Waals surface area contributed by atoms with Crippen LogP contribution in [0.5, 0.6) is 0 Å². The first-order chi connectivity index (χ1) is 21.2. The highest BCUT2D eigenvalue weighted by molar-refractivity contribution is 4.92. The quantitative estimate of drug-likeness (QED) is 0.120. The molecule has 12 nitrogen and oxygen atoms in total. The fourth-order valence-corrected chi connectivity index (χ4v) is 4.99. The van der Waals surface area contributed by atoms with Crippen LogP contribution in [0.4, 0.5) is 0 Å². The lowest BCUT2D eigenvalue weighted by molar-refractivity contribution is -0.108. The van der Waals surface area contributed by atoms with E-state index < -0.39 is 0 Å². The number of aryl methyl sites for hydroxylation is 1. The second kappa shape index (κ2) is 22.5. The zero-order valence-corrected chi connectivity index (χ0v) is 28.8. The Bertz CT molecular complexity index is 1000. The van der Waals surface area contributed by atoms with E-state index in [-0.39, 0.29) is 24.4 Å². The Morgan fingerprint density at radius 1 is 0.711 bits per heavy atom. The van der Waals surface area contributed by atoms with Crippen LogP contribution in [0, 0.1) is 16.7 Å². The summed E-state index contributed by atoms with van der Waals surface area (Å²) in [4.78, 5) is 0. The summed E-state index contributed by atoms with van der Waals surface area (Å²) in [6.45, 7) is 22.1. The van der Waals surface area contributed by atoms with Gasteiger partial charge in [-0.2, -0.15) is 0 Å². The summed E-state index contributed by atoms with van der Waals surface area (Å²) in [6.07, 6.45) is 7.63. The van der Waals surface area contributed by atoms with Crippen LogP contribution in [0.1, 0.15) is 86.5 Å². The Hall–Kier alpha value is -1.96. The average Bonchev–Trinajstić information content (AvgIpc) is 3.66. The van der Waals surface area contributed by atoms with Gasteiger partial charge in [0.2, 0.25) is 0 Å². The molecule has 0 N–H and O–H groups in total. The van der Waals surface area contributed by atoms with E-state index in [9.17, 15) is 0 Å². The van der Waals surface area contributed by atoms with E-state index in [1.807, 2.05) is 17.1 Å². The van der Waals surface area contributed by atoms with Crippen LogP contribution < -0.4 is 0 Å². The van der Waals surface area contributed by atoms with Gasteiger partial charge in [0.15, 0.2) is 0 Å². The molecular weight excluding hydrogens is 576 g/mol. The lowest BCUT2D eigenvalue weighted by Gasteiger charge is -2.37. The third-order valence-electron chi connectivity index (χ3n) is 7.84. The van der Waals surface area contributed by atoms with Gasteiger partial charge in [0.05, 0.1) is 90.6 Å². The molecule has 0 aliphatic carbocycles. The smallest absolute Gasteiger partial charge is 0.108 e. The molecule has 2 heterocycles. The molecule has 45 heavy (non-hydrogen) atoms. The Kier molecular flexibility index (Phi) is 20.6. The summed E-state index contributed by atoms with van der Waals surface area (Å²) in [6, 6.07) is 0. The van der Waals surface area contributed by atoms with E-state index in [1.54, 1.807) is 11.8 Å². The van der Waals surface area contributed by atoms with E-state index in [0.717, 1.165) is 43.6 Å². The number of aromatic nitrogens is 6. The van der Waals surface area contributed by atoms with Crippen molar-refractivity contribution in [3.63, 3.8) is 0 Å². The molecule has 2 unspecified atom stereocenters. The first-order valence-electron chi connectivity index (χ1n) is 16.4. The number of hydrogen-bond donors (Lipinski definition) is 0. The van der Waals surface area contributed by atoms with Gasteiger partial charge in [-0.25, -0.2) is 4.68 Å². The van der Waals surface area contributed by atoms with Crippen molar-refractivity contribution in [1.29, 1.82) is 0 Å². The lowest BCUT2D eigenvalue weighted by atomic mass is 9.79. The normalized spacial score (nSPS) is 14.5. The standard InChI is InChI=1S/C32H60N6O6.CH4/c1-9-31(18-27(4)5,22-41-14-12-29-19-37(11-3)35-33-29)23-43-25-32(10-2,26-44-28(6)7)24-42-21-30-20-38(36-34-30)13-15-40-17-16-39-8;/h19-20,27-28H,9-18,21-26H2,1-8H3;1H4. The molecule has 0 saturated heterocycles. The number of rotatable bonds is 27. The van der Waals surface area contributed by atoms with Gasteiger partial charge in [-0.3, -0.25) is 4.68 Å². The van der Waals surface area contributed by atoms with Gasteiger partial charge < -0.3 is 28.4 Å². The van der Waals surface area contributed by atoms with Crippen LogP contribution in [0.2, 0.25) is 0 Å². The van der Waals surface area contributed by atoms with Crippen molar-refractivity contribution in [3.8, 4) is 0 Å². The number of hydrogen-bond acceptors (Lipinski definition) is 10. The highest BCUT2D eigenvalue weighted by Gasteiger charge is 2.34. The van der Waals surface area contributed by atoms with Crippen molar-refractivity contribution in [1.82, 2.24) is 30.0 Å².